The fourth-order valence-electron chi connectivity index (χ4n) is 2.43. The van der Waals surface area contributed by atoms with Crippen LogP contribution in [-0.4, -0.2) is 8.42 Å². The summed E-state index contributed by atoms with van der Waals surface area (Å²) in [6.07, 6.45) is 1.54. The Hall–Kier alpha value is -2.78. The third-order valence-electron chi connectivity index (χ3n) is 3.78. The van der Waals surface area contributed by atoms with Crippen LogP contribution in [0.25, 0.3) is 11.6 Å². The molecule has 0 spiro atoms. The van der Waals surface area contributed by atoms with E-state index in [1.807, 2.05) is 6.07 Å². The minimum Gasteiger partial charge on any atom is -0.378 e. The molecule has 0 N–H and O–H groups in total. The van der Waals surface area contributed by atoms with Crippen molar-refractivity contribution in [2.75, 3.05) is 0 Å². The Bertz CT molecular complexity index is 1170. The summed E-state index contributed by atoms with van der Waals surface area (Å²) in [5.74, 6) is 0.0584. The quantitative estimate of drug-likeness (QED) is 0.290. The van der Waals surface area contributed by atoms with E-state index in [4.69, 9.17) is 27.4 Å². The first-order valence-corrected chi connectivity index (χ1v) is 10.2. The highest BCUT2D eigenvalue weighted by molar-refractivity contribution is 7.87. The second-order valence-electron chi connectivity index (χ2n) is 5.71. The highest BCUT2D eigenvalue weighted by Gasteiger charge is 2.18. The third-order valence-corrected chi connectivity index (χ3v) is 5.51. The summed E-state index contributed by atoms with van der Waals surface area (Å²) in [5, 5.41) is 10.3. The molecule has 28 heavy (non-hydrogen) atoms. The number of benzene rings is 3. The van der Waals surface area contributed by atoms with Crippen LogP contribution >= 0.6 is 23.2 Å². The highest BCUT2D eigenvalue weighted by atomic mass is 35.5. The maximum atomic E-state index is 12.6. The van der Waals surface area contributed by atoms with Crippen molar-refractivity contribution < 1.29 is 12.6 Å². The highest BCUT2D eigenvalue weighted by Crippen LogP contribution is 2.30. The first-order chi connectivity index (χ1) is 13.4. The van der Waals surface area contributed by atoms with Crippen molar-refractivity contribution in [3.63, 3.8) is 0 Å². The molecule has 0 radical (unpaired) electrons. The van der Waals surface area contributed by atoms with Gasteiger partial charge in [0.05, 0.1) is 11.6 Å². The number of nitriles is 1. The molecule has 0 aliphatic heterocycles. The first kappa shape index (κ1) is 20.0. The predicted octanol–water partition coefficient (Wildman–Crippen LogP) is 5.83. The van der Waals surface area contributed by atoms with Crippen molar-refractivity contribution in [3.8, 4) is 11.8 Å². The van der Waals surface area contributed by atoms with Gasteiger partial charge in [-0.15, -0.1) is 0 Å². The van der Waals surface area contributed by atoms with Gasteiger partial charge >= 0.3 is 10.1 Å². The maximum absolute atomic E-state index is 12.6. The van der Waals surface area contributed by atoms with E-state index in [9.17, 15) is 13.7 Å². The number of rotatable bonds is 5. The van der Waals surface area contributed by atoms with Gasteiger partial charge in [0.1, 0.15) is 10.6 Å². The molecule has 0 unspecified atom stereocenters. The molecule has 0 amide bonds. The van der Waals surface area contributed by atoms with Gasteiger partial charge in [0.15, 0.2) is 0 Å². The van der Waals surface area contributed by atoms with Crippen molar-refractivity contribution in [3.05, 3.63) is 94.0 Å². The fraction of sp³-hybridized carbons (Fsp3) is 0. The Kier molecular flexibility index (Phi) is 6.05. The average Bonchev–Trinajstić information content (AvgIpc) is 2.69. The molecule has 3 aromatic rings. The van der Waals surface area contributed by atoms with Crippen LogP contribution in [0.1, 0.15) is 11.1 Å². The van der Waals surface area contributed by atoms with Crippen molar-refractivity contribution in [1.29, 1.82) is 5.26 Å². The normalized spacial score (nSPS) is 11.7. The Morgan fingerprint density at radius 1 is 0.929 bits per heavy atom. The number of allylic oxidation sites excluding steroid dienone is 1. The van der Waals surface area contributed by atoms with E-state index < -0.39 is 10.1 Å². The Balaban J connectivity index is 2.03. The zero-order chi connectivity index (χ0) is 20.1. The van der Waals surface area contributed by atoms with Gasteiger partial charge < -0.3 is 4.18 Å². The van der Waals surface area contributed by atoms with Crippen LogP contribution in [0.15, 0.2) is 77.7 Å². The summed E-state index contributed by atoms with van der Waals surface area (Å²) in [6, 6.07) is 21.3. The topological polar surface area (TPSA) is 67.2 Å². The van der Waals surface area contributed by atoms with Gasteiger partial charge in [-0.1, -0.05) is 53.5 Å². The summed E-state index contributed by atoms with van der Waals surface area (Å²) in [7, 11) is -4.09. The van der Waals surface area contributed by atoms with E-state index in [0.29, 0.717) is 26.7 Å². The SMILES string of the molecule is N#C/C(=C\c1cc(Cl)ccc1OS(=O)(=O)c1ccc(Cl)cc1)c1ccccc1. The molecule has 140 valence electrons. The van der Waals surface area contributed by atoms with Crippen LogP contribution in [-0.2, 0) is 10.1 Å². The van der Waals surface area contributed by atoms with Crippen LogP contribution in [0.5, 0.6) is 5.75 Å². The van der Waals surface area contributed by atoms with Gasteiger partial charge in [0.2, 0.25) is 0 Å². The van der Waals surface area contributed by atoms with Crippen LogP contribution in [0.4, 0.5) is 0 Å². The molecule has 0 aliphatic rings. The van der Waals surface area contributed by atoms with E-state index >= 15 is 0 Å². The lowest BCUT2D eigenvalue weighted by Gasteiger charge is -2.11. The standard InChI is InChI=1S/C21H13Cl2NO3S/c22-18-6-9-20(10-7-18)28(25,26)27-21-11-8-19(23)13-16(21)12-17(14-24)15-4-2-1-3-5-15/h1-13H/b17-12+. The number of halogens is 2. The van der Waals surface area contributed by atoms with Crippen LogP contribution in [0.3, 0.4) is 0 Å². The average molecular weight is 430 g/mol. The Labute approximate surface area is 173 Å². The first-order valence-electron chi connectivity index (χ1n) is 8.06. The van der Waals surface area contributed by atoms with Crippen molar-refractivity contribution in [1.82, 2.24) is 0 Å². The third kappa shape index (κ3) is 4.73. The molecule has 4 nitrogen and oxygen atoms in total. The molecule has 7 heteroatoms. The minimum absolute atomic E-state index is 0.0367. The summed E-state index contributed by atoms with van der Waals surface area (Å²) in [6.45, 7) is 0. The second-order valence-corrected chi connectivity index (χ2v) is 8.13. The summed E-state index contributed by atoms with van der Waals surface area (Å²) in [4.78, 5) is -0.0367. The van der Waals surface area contributed by atoms with Crippen LogP contribution in [0, 0.1) is 11.3 Å². The molecule has 3 aromatic carbocycles. The minimum atomic E-state index is -4.09. The lowest BCUT2D eigenvalue weighted by Crippen LogP contribution is -2.10. The maximum Gasteiger partial charge on any atom is 0.339 e. The van der Waals surface area contributed by atoms with Crippen LogP contribution in [0.2, 0.25) is 10.0 Å². The van der Waals surface area contributed by atoms with E-state index in [2.05, 4.69) is 6.07 Å². The largest absolute Gasteiger partial charge is 0.378 e. The molecular weight excluding hydrogens is 417 g/mol. The van der Waals surface area contributed by atoms with Crippen LogP contribution < -0.4 is 4.18 Å². The van der Waals surface area contributed by atoms with Crippen molar-refractivity contribution >= 4 is 45.0 Å². The molecule has 3 rings (SSSR count). The molecule has 0 atom stereocenters. The van der Waals surface area contributed by atoms with Crippen molar-refractivity contribution in [2.24, 2.45) is 0 Å². The summed E-state index contributed by atoms with van der Waals surface area (Å²) < 4.78 is 30.5. The number of nitrogens with zero attached hydrogens (tertiary/aromatic N) is 1. The monoisotopic (exact) mass is 429 g/mol. The van der Waals surface area contributed by atoms with E-state index in [1.165, 1.54) is 48.5 Å². The molecule has 0 aromatic heterocycles. The molecule has 0 aliphatic carbocycles. The summed E-state index contributed by atoms with van der Waals surface area (Å²) >= 11 is 11.9. The van der Waals surface area contributed by atoms with Gasteiger partial charge in [-0.2, -0.15) is 13.7 Å². The second kappa shape index (κ2) is 8.49. The van der Waals surface area contributed by atoms with Crippen molar-refractivity contribution in [2.45, 2.75) is 4.90 Å². The van der Waals surface area contributed by atoms with Gasteiger partial charge in [0.25, 0.3) is 0 Å². The van der Waals surface area contributed by atoms with E-state index in [0.717, 1.165) is 0 Å². The lowest BCUT2D eigenvalue weighted by atomic mass is 10.0. The van der Waals surface area contributed by atoms with Gasteiger partial charge in [-0.05, 0) is 54.1 Å². The number of hydrogen-bond donors (Lipinski definition) is 0. The molecule has 0 heterocycles. The van der Waals surface area contributed by atoms with Gasteiger partial charge in [-0.25, -0.2) is 0 Å². The molecule has 0 fully saturated rings. The zero-order valence-electron chi connectivity index (χ0n) is 14.3. The molecule has 0 saturated carbocycles. The predicted molar refractivity (Wildman–Crippen MR) is 111 cm³/mol. The molecule has 0 bridgehead atoms. The molecule has 0 saturated heterocycles. The number of hydrogen-bond acceptors (Lipinski definition) is 4. The fourth-order valence-corrected chi connectivity index (χ4v) is 3.69. The lowest BCUT2D eigenvalue weighted by molar-refractivity contribution is 0.485. The van der Waals surface area contributed by atoms with Gasteiger partial charge in [-0.3, -0.25) is 0 Å². The van der Waals surface area contributed by atoms with E-state index in [-0.39, 0.29) is 10.6 Å². The Morgan fingerprint density at radius 3 is 2.21 bits per heavy atom. The smallest absolute Gasteiger partial charge is 0.339 e. The summed E-state index contributed by atoms with van der Waals surface area (Å²) in [5.41, 5.74) is 1.40. The zero-order valence-corrected chi connectivity index (χ0v) is 16.7. The van der Waals surface area contributed by atoms with E-state index in [1.54, 1.807) is 24.3 Å². The van der Waals surface area contributed by atoms with Gasteiger partial charge in [0, 0.05) is 15.6 Å². The molecular formula is C21H13Cl2NO3S. The Morgan fingerprint density at radius 2 is 1.57 bits per heavy atom.